The van der Waals surface area contributed by atoms with E-state index in [0.29, 0.717) is 25.3 Å². The lowest BCUT2D eigenvalue weighted by Gasteiger charge is -2.37. The highest BCUT2D eigenvalue weighted by Crippen LogP contribution is 2.36. The molecule has 0 spiro atoms. The maximum Gasteiger partial charge on any atom is 0.311 e. The van der Waals surface area contributed by atoms with Gasteiger partial charge in [-0.15, -0.1) is 0 Å². The molecule has 2 aliphatic carbocycles. The van der Waals surface area contributed by atoms with Crippen LogP contribution in [0.15, 0.2) is 72.8 Å². The molecule has 306 valence electrons. The van der Waals surface area contributed by atoms with Crippen molar-refractivity contribution in [3.8, 4) is 11.5 Å². The van der Waals surface area contributed by atoms with Crippen molar-refractivity contribution in [1.29, 1.82) is 0 Å². The highest BCUT2D eigenvalue weighted by molar-refractivity contribution is 5.89. The van der Waals surface area contributed by atoms with E-state index in [1.165, 1.54) is 65.5 Å². The average Bonchev–Trinajstić information content (AvgIpc) is 3.17. The molecule has 2 saturated heterocycles. The first-order chi connectivity index (χ1) is 27.5. The molecule has 2 heterocycles. The van der Waals surface area contributed by atoms with Gasteiger partial charge in [0, 0.05) is 50.0 Å². The Morgan fingerprint density at radius 1 is 0.614 bits per heavy atom. The van der Waals surface area contributed by atoms with Crippen LogP contribution in [-0.4, -0.2) is 72.3 Å². The summed E-state index contributed by atoms with van der Waals surface area (Å²) in [5, 5.41) is 13.8. The molecule has 4 aromatic rings. The summed E-state index contributed by atoms with van der Waals surface area (Å²) in [6.07, 6.45) is 10.4. The van der Waals surface area contributed by atoms with Gasteiger partial charge in [0.05, 0.1) is 31.2 Å². The van der Waals surface area contributed by atoms with Gasteiger partial charge < -0.3 is 19.3 Å². The molecular weight excluding hydrogens is 713 g/mol. The van der Waals surface area contributed by atoms with Gasteiger partial charge in [-0.2, -0.15) is 0 Å². The number of aliphatic carboxylic acids is 1. The van der Waals surface area contributed by atoms with E-state index >= 15 is 0 Å². The highest BCUT2D eigenvalue weighted by Gasteiger charge is 2.34. The maximum atomic E-state index is 11.6. The van der Waals surface area contributed by atoms with Gasteiger partial charge in [-0.05, 0) is 121 Å². The molecule has 4 aliphatic rings. The fourth-order valence-electron chi connectivity index (χ4n) is 9.50. The molecule has 4 fully saturated rings. The molecule has 8 rings (SSSR count). The zero-order valence-corrected chi connectivity index (χ0v) is 34.8. The van der Waals surface area contributed by atoms with Crippen LogP contribution >= 0.6 is 0 Å². The van der Waals surface area contributed by atoms with Crippen molar-refractivity contribution in [2.24, 2.45) is 35.5 Å². The normalized spacial score (nSPS) is 23.4. The monoisotopic (exact) mass is 776 g/mol. The standard InChI is InChI=1S/C25H33NO3.C24H31NO3/c1-17(2)19-8-10-22(11-9-19)29-24-6-4-5-20-13-18(7-12-23(20)24)14-26-15-21(16-26)25(27)28-3;1-16(2)18-7-9-21(10-8-18)28-23-5-3-4-19-12-17(6-11-22(19)23)13-25-14-20(15-25)24(26)27/h4-7,12-13,17,19,21-22H,8-11,14-16H2,1-3H3;3-6,11-12,16,18,20-21H,7-10,13-15H2,1-2H3,(H,26,27). The summed E-state index contributed by atoms with van der Waals surface area (Å²) in [6.45, 7) is 13.9. The Morgan fingerprint density at radius 3 is 1.42 bits per heavy atom. The zero-order valence-electron chi connectivity index (χ0n) is 34.8. The van der Waals surface area contributed by atoms with E-state index in [-0.39, 0.29) is 17.8 Å². The first kappa shape index (κ1) is 41.0. The van der Waals surface area contributed by atoms with Crippen LogP contribution in [0.5, 0.6) is 11.5 Å². The minimum Gasteiger partial charge on any atom is -0.490 e. The second kappa shape index (κ2) is 18.6. The quantitative estimate of drug-likeness (QED) is 0.142. The third-order valence-corrected chi connectivity index (χ3v) is 13.3. The van der Waals surface area contributed by atoms with Crippen LogP contribution in [0.2, 0.25) is 0 Å². The summed E-state index contributed by atoms with van der Waals surface area (Å²) >= 11 is 0. The lowest BCUT2D eigenvalue weighted by molar-refractivity contribution is -0.151. The minimum absolute atomic E-state index is 0.0336. The van der Waals surface area contributed by atoms with E-state index in [9.17, 15) is 9.59 Å². The summed E-state index contributed by atoms with van der Waals surface area (Å²) in [7, 11) is 1.46. The molecule has 0 unspecified atom stereocenters. The Bertz CT molecular complexity index is 1970. The van der Waals surface area contributed by atoms with Crippen LogP contribution in [0.25, 0.3) is 21.5 Å². The molecule has 0 aromatic heterocycles. The molecule has 2 saturated carbocycles. The van der Waals surface area contributed by atoms with Crippen molar-refractivity contribution >= 4 is 33.5 Å². The summed E-state index contributed by atoms with van der Waals surface area (Å²) in [5.74, 6) is 4.31. The number of nitrogens with zero attached hydrogens (tertiary/aromatic N) is 2. The third-order valence-electron chi connectivity index (χ3n) is 13.3. The number of carbonyl (C=O) groups excluding carboxylic acids is 1. The van der Waals surface area contributed by atoms with E-state index in [2.05, 4.69) is 110 Å². The topological polar surface area (TPSA) is 88.5 Å². The van der Waals surface area contributed by atoms with Crippen LogP contribution in [0.1, 0.15) is 90.2 Å². The summed E-state index contributed by atoms with van der Waals surface area (Å²) in [6, 6.07) is 25.8. The largest absolute Gasteiger partial charge is 0.490 e. The van der Waals surface area contributed by atoms with Crippen molar-refractivity contribution < 1.29 is 28.9 Å². The van der Waals surface area contributed by atoms with Crippen LogP contribution in [0.4, 0.5) is 0 Å². The van der Waals surface area contributed by atoms with Crippen LogP contribution < -0.4 is 9.47 Å². The molecule has 4 aromatic carbocycles. The zero-order chi connectivity index (χ0) is 40.1. The predicted octanol–water partition coefficient (Wildman–Crippen LogP) is 9.99. The van der Waals surface area contributed by atoms with Crippen LogP contribution in [0.3, 0.4) is 0 Å². The lowest BCUT2D eigenvalue weighted by Crippen LogP contribution is -2.49. The minimum atomic E-state index is -0.682. The smallest absolute Gasteiger partial charge is 0.311 e. The van der Waals surface area contributed by atoms with Gasteiger partial charge in [-0.1, -0.05) is 76.2 Å². The Morgan fingerprint density at radius 2 is 1.04 bits per heavy atom. The van der Waals surface area contributed by atoms with Gasteiger partial charge in [0.2, 0.25) is 0 Å². The second-order valence-electron chi connectivity index (χ2n) is 18.1. The molecule has 8 nitrogen and oxygen atoms in total. The number of rotatable bonds is 12. The number of hydrogen-bond acceptors (Lipinski definition) is 7. The van der Waals surface area contributed by atoms with Crippen LogP contribution in [0, 0.1) is 35.5 Å². The number of benzene rings is 4. The van der Waals surface area contributed by atoms with Crippen molar-refractivity contribution in [2.45, 2.75) is 104 Å². The summed E-state index contributed by atoms with van der Waals surface area (Å²) < 4.78 is 17.7. The molecule has 1 N–H and O–H groups in total. The van der Waals surface area contributed by atoms with Gasteiger partial charge in [-0.3, -0.25) is 19.4 Å². The molecule has 57 heavy (non-hydrogen) atoms. The first-order valence-electron chi connectivity index (χ1n) is 21.6. The Kier molecular flexibility index (Phi) is 13.4. The number of ether oxygens (including phenoxy) is 3. The fraction of sp³-hybridized carbons (Fsp3) is 0.551. The number of likely N-dealkylation sites (tertiary alicyclic amines) is 2. The van der Waals surface area contributed by atoms with Crippen molar-refractivity contribution in [3.05, 3.63) is 83.9 Å². The number of esters is 1. The molecule has 0 amide bonds. The molecule has 0 radical (unpaired) electrons. The van der Waals surface area contributed by atoms with Gasteiger partial charge in [-0.25, -0.2) is 0 Å². The van der Waals surface area contributed by atoms with E-state index in [4.69, 9.17) is 19.3 Å². The second-order valence-corrected chi connectivity index (χ2v) is 18.1. The van der Waals surface area contributed by atoms with Gasteiger partial charge in [0.15, 0.2) is 0 Å². The van der Waals surface area contributed by atoms with E-state index < -0.39 is 5.97 Å². The number of carbonyl (C=O) groups is 2. The average molecular weight is 777 g/mol. The molecule has 2 aliphatic heterocycles. The van der Waals surface area contributed by atoms with E-state index in [1.54, 1.807) is 0 Å². The van der Waals surface area contributed by atoms with Gasteiger partial charge in [0.25, 0.3) is 0 Å². The highest BCUT2D eigenvalue weighted by atomic mass is 16.5. The molecular formula is C49H64N2O6. The SMILES string of the molecule is CC(C)C1CCC(Oc2cccc3cc(CN4CC(C(=O)O)C4)ccc23)CC1.COC(=O)C1CN(Cc2ccc3c(OC4CCC(C(C)C)CC4)cccc3c2)C1. The van der Waals surface area contributed by atoms with Gasteiger partial charge in [0.1, 0.15) is 11.5 Å². The number of hydrogen-bond donors (Lipinski definition) is 1. The predicted molar refractivity (Wildman–Crippen MR) is 228 cm³/mol. The number of carboxylic acids is 1. The summed E-state index contributed by atoms with van der Waals surface area (Å²) in [4.78, 5) is 27.0. The number of methoxy groups -OCH3 is 1. The van der Waals surface area contributed by atoms with E-state index in [0.717, 1.165) is 87.0 Å². The molecule has 0 atom stereocenters. The lowest BCUT2D eigenvalue weighted by atomic mass is 9.80. The van der Waals surface area contributed by atoms with Crippen molar-refractivity contribution in [3.63, 3.8) is 0 Å². The maximum absolute atomic E-state index is 11.6. The molecule has 8 heteroatoms. The number of fused-ring (bicyclic) bond motifs is 2. The fourth-order valence-corrected chi connectivity index (χ4v) is 9.50. The number of carboxylic acid groups (broad SMARTS) is 1. The van der Waals surface area contributed by atoms with Crippen molar-refractivity contribution in [1.82, 2.24) is 9.80 Å². The summed E-state index contributed by atoms with van der Waals surface area (Å²) in [5.41, 5.74) is 2.50. The van der Waals surface area contributed by atoms with Crippen molar-refractivity contribution in [2.75, 3.05) is 33.3 Å². The Balaban J connectivity index is 0.000000174. The van der Waals surface area contributed by atoms with E-state index in [1.807, 2.05) is 0 Å². The molecule has 0 bridgehead atoms. The Hall–Kier alpha value is -4.14. The Labute approximate surface area is 339 Å². The first-order valence-corrected chi connectivity index (χ1v) is 21.6. The van der Waals surface area contributed by atoms with Crippen LogP contribution in [-0.2, 0) is 27.4 Å². The third kappa shape index (κ3) is 10.3. The van der Waals surface area contributed by atoms with Gasteiger partial charge >= 0.3 is 11.9 Å².